The van der Waals surface area contributed by atoms with Gasteiger partial charge >= 0.3 is 0 Å². The first-order valence-electron chi connectivity index (χ1n) is 6.42. The van der Waals surface area contributed by atoms with Crippen LogP contribution in [0.4, 0.5) is 8.78 Å². The fourth-order valence-electron chi connectivity index (χ4n) is 2.04. The summed E-state index contributed by atoms with van der Waals surface area (Å²) in [5, 5.41) is 1.83. The molecule has 2 unspecified atom stereocenters. The number of nitrogens with two attached hydrogens (primary N) is 1. The lowest BCUT2D eigenvalue weighted by Crippen LogP contribution is -2.37. The van der Waals surface area contributed by atoms with Crippen LogP contribution in [0, 0.1) is 11.6 Å². The maximum atomic E-state index is 13.8. The van der Waals surface area contributed by atoms with Crippen molar-refractivity contribution in [3.05, 3.63) is 57.8 Å². The summed E-state index contributed by atoms with van der Waals surface area (Å²) in [6, 6.07) is 5.37. The van der Waals surface area contributed by atoms with E-state index < -0.39 is 23.7 Å². The van der Waals surface area contributed by atoms with Gasteiger partial charge < -0.3 is 10.6 Å². The van der Waals surface area contributed by atoms with Crippen LogP contribution in [-0.2, 0) is 4.79 Å². The van der Waals surface area contributed by atoms with Crippen LogP contribution in [0.2, 0.25) is 0 Å². The van der Waals surface area contributed by atoms with Crippen molar-refractivity contribution in [3.8, 4) is 0 Å². The van der Waals surface area contributed by atoms with Gasteiger partial charge in [-0.15, -0.1) is 11.3 Å². The van der Waals surface area contributed by atoms with Gasteiger partial charge in [-0.2, -0.15) is 0 Å². The maximum absolute atomic E-state index is 13.8. The van der Waals surface area contributed by atoms with E-state index in [2.05, 4.69) is 0 Å². The van der Waals surface area contributed by atoms with Crippen LogP contribution in [0.15, 0.2) is 35.7 Å². The zero-order chi connectivity index (χ0) is 15.6. The zero-order valence-electron chi connectivity index (χ0n) is 11.7. The molecule has 0 radical (unpaired) electrons. The molecule has 0 fully saturated rings. The van der Waals surface area contributed by atoms with Gasteiger partial charge in [0.1, 0.15) is 17.7 Å². The first-order chi connectivity index (χ1) is 9.91. The van der Waals surface area contributed by atoms with Gasteiger partial charge in [-0.25, -0.2) is 8.78 Å². The second-order valence-electron chi connectivity index (χ2n) is 4.78. The highest BCUT2D eigenvalue weighted by Gasteiger charge is 2.26. The summed E-state index contributed by atoms with van der Waals surface area (Å²) in [4.78, 5) is 14.4. The maximum Gasteiger partial charge on any atom is 0.245 e. The minimum Gasteiger partial charge on any atom is -0.337 e. The molecule has 1 aromatic heterocycles. The van der Waals surface area contributed by atoms with Gasteiger partial charge in [0, 0.05) is 17.5 Å². The van der Waals surface area contributed by atoms with Crippen molar-refractivity contribution in [2.24, 2.45) is 5.73 Å². The van der Waals surface area contributed by atoms with Crippen molar-refractivity contribution in [1.29, 1.82) is 0 Å². The fourth-order valence-corrected chi connectivity index (χ4v) is 2.76. The molecular weight excluding hydrogens is 294 g/mol. The van der Waals surface area contributed by atoms with Crippen molar-refractivity contribution >= 4 is 17.2 Å². The number of carbonyl (C=O) groups excluding carboxylic acids is 1. The number of hydrogen-bond acceptors (Lipinski definition) is 3. The van der Waals surface area contributed by atoms with E-state index in [4.69, 9.17) is 5.73 Å². The number of rotatable bonds is 4. The molecule has 0 aliphatic carbocycles. The predicted molar refractivity (Wildman–Crippen MR) is 78.8 cm³/mol. The predicted octanol–water partition coefficient (Wildman–Crippen LogP) is 3.25. The molecule has 112 valence electrons. The Balaban J connectivity index is 2.20. The number of hydrogen-bond donors (Lipinski definition) is 1. The standard InChI is InChI=1S/C15H16F2N2OS/c1-9(11-8-10(16)5-6-12(11)17)19(2)15(20)14(18)13-4-3-7-21-13/h3-9,14H,18H2,1-2H3. The van der Waals surface area contributed by atoms with Crippen molar-refractivity contribution in [1.82, 2.24) is 4.90 Å². The third-order valence-electron chi connectivity index (χ3n) is 3.45. The molecule has 2 atom stereocenters. The van der Waals surface area contributed by atoms with Gasteiger partial charge in [0.15, 0.2) is 0 Å². The minimum atomic E-state index is -0.797. The highest BCUT2D eigenvalue weighted by molar-refractivity contribution is 7.10. The Morgan fingerprint density at radius 1 is 1.33 bits per heavy atom. The number of carbonyl (C=O) groups is 1. The van der Waals surface area contributed by atoms with Crippen LogP contribution in [0.1, 0.15) is 29.4 Å². The summed E-state index contributed by atoms with van der Waals surface area (Å²) >= 11 is 1.38. The topological polar surface area (TPSA) is 46.3 Å². The summed E-state index contributed by atoms with van der Waals surface area (Å²) in [7, 11) is 1.53. The molecule has 0 saturated carbocycles. The van der Waals surface area contributed by atoms with Gasteiger partial charge in [-0.1, -0.05) is 6.07 Å². The number of halogens is 2. The largest absolute Gasteiger partial charge is 0.337 e. The molecule has 21 heavy (non-hydrogen) atoms. The van der Waals surface area contributed by atoms with Gasteiger partial charge in [-0.05, 0) is 36.6 Å². The van der Waals surface area contributed by atoms with Gasteiger partial charge in [-0.3, -0.25) is 4.79 Å². The number of amides is 1. The quantitative estimate of drug-likeness (QED) is 0.942. The smallest absolute Gasteiger partial charge is 0.245 e. The molecule has 0 bridgehead atoms. The first-order valence-corrected chi connectivity index (χ1v) is 7.30. The molecule has 0 aliphatic rings. The van der Waals surface area contributed by atoms with Crippen molar-refractivity contribution in [2.45, 2.75) is 19.0 Å². The monoisotopic (exact) mass is 310 g/mol. The van der Waals surface area contributed by atoms with Crippen LogP contribution in [-0.4, -0.2) is 17.9 Å². The molecule has 0 saturated heterocycles. The van der Waals surface area contributed by atoms with E-state index in [1.807, 2.05) is 11.4 Å². The van der Waals surface area contributed by atoms with Crippen LogP contribution in [0.5, 0.6) is 0 Å². The zero-order valence-corrected chi connectivity index (χ0v) is 12.5. The third kappa shape index (κ3) is 3.28. The first kappa shape index (κ1) is 15.6. The minimum absolute atomic E-state index is 0.129. The van der Waals surface area contributed by atoms with Crippen molar-refractivity contribution in [2.75, 3.05) is 7.05 Å². The molecule has 2 rings (SSSR count). The van der Waals surface area contributed by atoms with E-state index in [-0.39, 0.29) is 11.5 Å². The lowest BCUT2D eigenvalue weighted by atomic mass is 10.1. The highest BCUT2D eigenvalue weighted by Crippen LogP contribution is 2.26. The molecular formula is C15H16F2N2OS. The number of likely N-dealkylation sites (N-methyl/N-ethyl adjacent to an activating group) is 1. The summed E-state index contributed by atoms with van der Waals surface area (Å²) in [5.74, 6) is -1.43. The van der Waals surface area contributed by atoms with Crippen LogP contribution in [0.25, 0.3) is 0 Å². The normalized spacial score (nSPS) is 13.8. The summed E-state index contributed by atoms with van der Waals surface area (Å²) < 4.78 is 27.0. The van der Waals surface area contributed by atoms with E-state index in [9.17, 15) is 13.6 Å². The summed E-state index contributed by atoms with van der Waals surface area (Å²) in [6.07, 6.45) is 0. The number of benzene rings is 1. The van der Waals surface area contributed by atoms with E-state index >= 15 is 0 Å². The molecule has 1 heterocycles. The Labute approximate surface area is 126 Å². The Kier molecular flexibility index (Phi) is 4.69. The van der Waals surface area contributed by atoms with Gasteiger partial charge in [0.05, 0.1) is 6.04 Å². The van der Waals surface area contributed by atoms with Crippen LogP contribution in [0.3, 0.4) is 0 Å². The van der Waals surface area contributed by atoms with E-state index in [1.165, 1.54) is 23.3 Å². The molecule has 1 aromatic carbocycles. The Morgan fingerprint density at radius 3 is 2.67 bits per heavy atom. The molecule has 0 aliphatic heterocycles. The SMILES string of the molecule is CC(c1cc(F)ccc1F)N(C)C(=O)C(N)c1cccs1. The molecule has 2 aromatic rings. The van der Waals surface area contributed by atoms with Crippen LogP contribution < -0.4 is 5.73 Å². The lowest BCUT2D eigenvalue weighted by molar-refractivity contribution is -0.133. The van der Waals surface area contributed by atoms with Gasteiger partial charge in [0.25, 0.3) is 0 Å². The van der Waals surface area contributed by atoms with Crippen LogP contribution >= 0.6 is 11.3 Å². The molecule has 1 amide bonds. The summed E-state index contributed by atoms with van der Waals surface area (Å²) in [6.45, 7) is 1.64. The molecule has 3 nitrogen and oxygen atoms in total. The van der Waals surface area contributed by atoms with E-state index in [0.717, 1.165) is 23.1 Å². The van der Waals surface area contributed by atoms with Crippen molar-refractivity contribution in [3.63, 3.8) is 0 Å². The molecule has 0 spiro atoms. The Morgan fingerprint density at radius 2 is 2.05 bits per heavy atom. The van der Waals surface area contributed by atoms with Gasteiger partial charge in [0.2, 0.25) is 5.91 Å². The van der Waals surface area contributed by atoms with E-state index in [0.29, 0.717) is 0 Å². The Bertz CT molecular complexity index is 631. The molecule has 6 heteroatoms. The highest BCUT2D eigenvalue weighted by atomic mass is 32.1. The third-order valence-corrected chi connectivity index (χ3v) is 4.41. The molecule has 2 N–H and O–H groups in total. The second kappa shape index (κ2) is 6.32. The lowest BCUT2D eigenvalue weighted by Gasteiger charge is -2.28. The second-order valence-corrected chi connectivity index (χ2v) is 5.76. The average Bonchev–Trinajstić information content (AvgIpc) is 3.01. The van der Waals surface area contributed by atoms with E-state index in [1.54, 1.807) is 13.0 Å². The fraction of sp³-hybridized carbons (Fsp3) is 0.267. The summed E-state index contributed by atoms with van der Waals surface area (Å²) in [5.41, 5.74) is 6.05. The number of thiophene rings is 1. The average molecular weight is 310 g/mol. The number of nitrogens with zero attached hydrogens (tertiary/aromatic N) is 1. The van der Waals surface area contributed by atoms with Crippen molar-refractivity contribution < 1.29 is 13.6 Å². The Hall–Kier alpha value is -1.79.